The van der Waals surface area contributed by atoms with Crippen molar-refractivity contribution in [1.29, 1.82) is 0 Å². The Bertz CT molecular complexity index is 486. The minimum Gasteiger partial charge on any atom is -0.481 e. The molecule has 0 aliphatic carbocycles. The summed E-state index contributed by atoms with van der Waals surface area (Å²) in [5.41, 5.74) is 0. The molecule has 5 nitrogen and oxygen atoms in total. The molecule has 0 atom stereocenters. The summed E-state index contributed by atoms with van der Waals surface area (Å²) in [6, 6.07) is 7.43. The first-order valence-electron chi connectivity index (χ1n) is 5.31. The molecule has 0 radical (unpaired) electrons. The maximum Gasteiger partial charge on any atom is 0.220 e. The van der Waals surface area contributed by atoms with Crippen molar-refractivity contribution in [3.05, 3.63) is 36.3 Å². The molecule has 0 aliphatic heterocycles. The third-order valence-corrected chi connectivity index (χ3v) is 3.07. The normalized spacial score (nSPS) is 10.1. The standard InChI is InChI=1S/C12H13N3O2S/c1-16-10-7-11(17-2)15-9(14-10)8-18-12-5-3-4-6-13-12/h3-7H,8H2,1-2H3. The first-order chi connectivity index (χ1) is 8.81. The van der Waals surface area contributed by atoms with E-state index >= 15 is 0 Å². The van der Waals surface area contributed by atoms with E-state index in [2.05, 4.69) is 15.0 Å². The van der Waals surface area contributed by atoms with Crippen molar-refractivity contribution in [2.24, 2.45) is 0 Å². The fraction of sp³-hybridized carbons (Fsp3) is 0.250. The van der Waals surface area contributed by atoms with Gasteiger partial charge in [-0.3, -0.25) is 0 Å². The van der Waals surface area contributed by atoms with Crippen LogP contribution in [0.1, 0.15) is 5.82 Å². The lowest BCUT2D eigenvalue weighted by atomic mass is 10.5. The van der Waals surface area contributed by atoms with Gasteiger partial charge in [0.2, 0.25) is 11.8 Å². The summed E-state index contributed by atoms with van der Waals surface area (Å²) in [7, 11) is 3.13. The van der Waals surface area contributed by atoms with E-state index in [1.54, 1.807) is 38.2 Å². The first-order valence-corrected chi connectivity index (χ1v) is 6.30. The van der Waals surface area contributed by atoms with Gasteiger partial charge in [-0.1, -0.05) is 17.8 Å². The van der Waals surface area contributed by atoms with Gasteiger partial charge in [0.05, 0.1) is 31.1 Å². The van der Waals surface area contributed by atoms with Crippen LogP contribution in [0.4, 0.5) is 0 Å². The number of rotatable bonds is 5. The van der Waals surface area contributed by atoms with Crippen LogP contribution >= 0.6 is 11.8 Å². The van der Waals surface area contributed by atoms with E-state index in [4.69, 9.17) is 9.47 Å². The number of pyridine rings is 1. The van der Waals surface area contributed by atoms with Gasteiger partial charge in [-0.25, -0.2) is 4.98 Å². The number of methoxy groups -OCH3 is 2. The Hall–Kier alpha value is -1.82. The second-order valence-electron chi connectivity index (χ2n) is 3.33. The number of hydrogen-bond donors (Lipinski definition) is 0. The summed E-state index contributed by atoms with van der Waals surface area (Å²) in [5, 5.41) is 0.933. The zero-order chi connectivity index (χ0) is 12.8. The molecule has 0 aliphatic rings. The highest BCUT2D eigenvalue weighted by Gasteiger charge is 2.06. The first kappa shape index (κ1) is 12.6. The van der Waals surface area contributed by atoms with E-state index < -0.39 is 0 Å². The van der Waals surface area contributed by atoms with Gasteiger partial charge < -0.3 is 9.47 Å². The smallest absolute Gasteiger partial charge is 0.220 e. The molecule has 18 heavy (non-hydrogen) atoms. The van der Waals surface area contributed by atoms with Crippen molar-refractivity contribution < 1.29 is 9.47 Å². The summed E-state index contributed by atoms with van der Waals surface area (Å²) < 4.78 is 10.2. The molecule has 0 N–H and O–H groups in total. The van der Waals surface area contributed by atoms with Gasteiger partial charge in [-0.15, -0.1) is 0 Å². The third-order valence-electron chi connectivity index (χ3n) is 2.13. The second-order valence-corrected chi connectivity index (χ2v) is 4.32. The van der Waals surface area contributed by atoms with Crippen molar-refractivity contribution in [2.75, 3.05) is 14.2 Å². The Morgan fingerprint density at radius 1 is 1.11 bits per heavy atom. The molecule has 0 amide bonds. The number of nitrogens with zero attached hydrogens (tertiary/aromatic N) is 3. The van der Waals surface area contributed by atoms with Crippen molar-refractivity contribution in [3.8, 4) is 11.8 Å². The average Bonchev–Trinajstić information content (AvgIpc) is 2.45. The highest BCUT2D eigenvalue weighted by atomic mass is 32.2. The molecule has 6 heteroatoms. The fourth-order valence-electron chi connectivity index (χ4n) is 1.29. The average molecular weight is 263 g/mol. The summed E-state index contributed by atoms with van der Waals surface area (Å²) in [4.78, 5) is 12.7. The van der Waals surface area contributed by atoms with Crippen molar-refractivity contribution in [2.45, 2.75) is 10.8 Å². The zero-order valence-corrected chi connectivity index (χ0v) is 11.0. The van der Waals surface area contributed by atoms with Gasteiger partial charge in [-0.05, 0) is 12.1 Å². The molecule has 0 bridgehead atoms. The molecule has 0 aromatic carbocycles. The SMILES string of the molecule is COc1cc(OC)nc(CSc2ccccn2)n1. The Morgan fingerprint density at radius 3 is 2.39 bits per heavy atom. The van der Waals surface area contributed by atoms with E-state index in [1.807, 2.05) is 18.2 Å². The topological polar surface area (TPSA) is 57.1 Å². The summed E-state index contributed by atoms with van der Waals surface area (Å²) >= 11 is 1.56. The van der Waals surface area contributed by atoms with Gasteiger partial charge in [0.25, 0.3) is 0 Å². The minimum absolute atomic E-state index is 0.499. The van der Waals surface area contributed by atoms with E-state index in [-0.39, 0.29) is 0 Å². The predicted molar refractivity (Wildman–Crippen MR) is 68.9 cm³/mol. The molecular weight excluding hydrogens is 250 g/mol. The number of ether oxygens (including phenoxy) is 2. The lowest BCUT2D eigenvalue weighted by Gasteiger charge is -2.05. The second kappa shape index (κ2) is 6.20. The van der Waals surface area contributed by atoms with Crippen LogP contribution in [0.15, 0.2) is 35.5 Å². The highest BCUT2D eigenvalue weighted by Crippen LogP contribution is 2.21. The molecule has 0 saturated carbocycles. The van der Waals surface area contributed by atoms with E-state index in [1.165, 1.54) is 0 Å². The van der Waals surface area contributed by atoms with Crippen LogP contribution in [0, 0.1) is 0 Å². The Balaban J connectivity index is 2.09. The van der Waals surface area contributed by atoms with Gasteiger partial charge in [-0.2, -0.15) is 9.97 Å². The van der Waals surface area contributed by atoms with Gasteiger partial charge in [0.1, 0.15) is 5.82 Å². The zero-order valence-electron chi connectivity index (χ0n) is 10.2. The molecule has 0 saturated heterocycles. The van der Waals surface area contributed by atoms with Crippen LogP contribution in [0.2, 0.25) is 0 Å². The summed E-state index contributed by atoms with van der Waals surface area (Å²) in [6.07, 6.45) is 1.76. The van der Waals surface area contributed by atoms with Crippen LogP contribution in [-0.4, -0.2) is 29.2 Å². The van der Waals surface area contributed by atoms with Gasteiger partial charge >= 0.3 is 0 Å². The van der Waals surface area contributed by atoms with E-state index in [0.29, 0.717) is 23.3 Å². The molecular formula is C12H13N3O2S. The van der Waals surface area contributed by atoms with Crippen LogP contribution < -0.4 is 9.47 Å². The summed E-state index contributed by atoms with van der Waals surface area (Å²) in [6.45, 7) is 0. The van der Waals surface area contributed by atoms with Crippen molar-refractivity contribution >= 4 is 11.8 Å². The van der Waals surface area contributed by atoms with E-state index in [0.717, 1.165) is 5.03 Å². The highest BCUT2D eigenvalue weighted by molar-refractivity contribution is 7.98. The number of thioether (sulfide) groups is 1. The quantitative estimate of drug-likeness (QED) is 0.771. The summed E-state index contributed by atoms with van der Waals surface area (Å²) in [5.74, 6) is 2.27. The predicted octanol–water partition coefficient (Wildman–Crippen LogP) is 2.18. The molecule has 2 rings (SSSR count). The molecule has 0 fully saturated rings. The molecule has 0 spiro atoms. The molecule has 0 unspecified atom stereocenters. The molecule has 2 aromatic heterocycles. The van der Waals surface area contributed by atoms with Gasteiger partial charge in [0.15, 0.2) is 0 Å². The molecule has 94 valence electrons. The van der Waals surface area contributed by atoms with Crippen LogP contribution in [0.3, 0.4) is 0 Å². The molecule has 2 heterocycles. The van der Waals surface area contributed by atoms with E-state index in [9.17, 15) is 0 Å². The largest absolute Gasteiger partial charge is 0.481 e. The maximum absolute atomic E-state index is 5.09. The Labute approximate surface area is 110 Å². The third kappa shape index (κ3) is 3.33. The monoisotopic (exact) mass is 263 g/mol. The lowest BCUT2D eigenvalue weighted by Crippen LogP contribution is -1.99. The maximum atomic E-state index is 5.09. The van der Waals surface area contributed by atoms with Crippen LogP contribution in [-0.2, 0) is 5.75 Å². The number of aromatic nitrogens is 3. The van der Waals surface area contributed by atoms with Crippen LogP contribution in [0.5, 0.6) is 11.8 Å². The Morgan fingerprint density at radius 2 is 1.83 bits per heavy atom. The Kier molecular flexibility index (Phi) is 4.35. The molecule has 2 aromatic rings. The van der Waals surface area contributed by atoms with Gasteiger partial charge in [0, 0.05) is 6.20 Å². The fourth-order valence-corrected chi connectivity index (χ4v) is 2.01. The van der Waals surface area contributed by atoms with Crippen LogP contribution in [0.25, 0.3) is 0 Å². The van der Waals surface area contributed by atoms with Crippen molar-refractivity contribution in [1.82, 2.24) is 15.0 Å². The minimum atomic E-state index is 0.499. The van der Waals surface area contributed by atoms with Crippen molar-refractivity contribution in [3.63, 3.8) is 0 Å². The lowest BCUT2D eigenvalue weighted by molar-refractivity contribution is 0.369. The number of hydrogen-bond acceptors (Lipinski definition) is 6.